The summed E-state index contributed by atoms with van der Waals surface area (Å²) >= 11 is 0. The van der Waals surface area contributed by atoms with Crippen LogP contribution in [-0.2, 0) is 0 Å². The van der Waals surface area contributed by atoms with E-state index in [1.54, 1.807) is 0 Å². The molecule has 0 spiro atoms. The predicted octanol–water partition coefficient (Wildman–Crippen LogP) is 3.50. The summed E-state index contributed by atoms with van der Waals surface area (Å²) in [6.07, 6.45) is 0. The standard InChI is InChI=1S/C13H15N/c1-9-4-5-11-8-13(14-3)10(2)7-12(11)6-9/h4-8,14H,1-3H3. The summed E-state index contributed by atoms with van der Waals surface area (Å²) in [7, 11) is 1.96. The number of fused-ring (bicyclic) bond motifs is 1. The lowest BCUT2D eigenvalue weighted by atomic mass is 10.0. The van der Waals surface area contributed by atoms with Gasteiger partial charge in [0.05, 0.1) is 0 Å². The van der Waals surface area contributed by atoms with Gasteiger partial charge in [-0.15, -0.1) is 0 Å². The minimum Gasteiger partial charge on any atom is -0.388 e. The maximum absolute atomic E-state index is 3.20. The van der Waals surface area contributed by atoms with Crippen LogP contribution in [0, 0.1) is 13.8 Å². The molecule has 0 atom stereocenters. The molecular formula is C13H15N. The maximum Gasteiger partial charge on any atom is 0.0373 e. The maximum atomic E-state index is 3.20. The third-order valence-electron chi connectivity index (χ3n) is 2.61. The Morgan fingerprint density at radius 3 is 2.43 bits per heavy atom. The van der Waals surface area contributed by atoms with Gasteiger partial charge in [0.25, 0.3) is 0 Å². The highest BCUT2D eigenvalue weighted by atomic mass is 14.8. The van der Waals surface area contributed by atoms with Gasteiger partial charge in [-0.05, 0) is 42.3 Å². The normalized spacial score (nSPS) is 10.5. The molecule has 0 amide bonds. The second-order valence-corrected chi connectivity index (χ2v) is 3.77. The van der Waals surface area contributed by atoms with E-state index in [2.05, 4.69) is 49.5 Å². The average molecular weight is 185 g/mol. The van der Waals surface area contributed by atoms with Crippen LogP contribution in [0.3, 0.4) is 0 Å². The highest BCUT2D eigenvalue weighted by Gasteiger charge is 1.99. The second kappa shape index (κ2) is 3.33. The zero-order valence-electron chi connectivity index (χ0n) is 8.89. The number of hydrogen-bond acceptors (Lipinski definition) is 1. The van der Waals surface area contributed by atoms with Crippen LogP contribution in [-0.4, -0.2) is 7.05 Å². The molecule has 2 rings (SSSR count). The first-order valence-electron chi connectivity index (χ1n) is 4.89. The quantitative estimate of drug-likeness (QED) is 0.717. The minimum absolute atomic E-state index is 1.21. The molecule has 2 aromatic carbocycles. The van der Waals surface area contributed by atoms with E-state index in [-0.39, 0.29) is 0 Å². The molecule has 0 saturated carbocycles. The van der Waals surface area contributed by atoms with E-state index in [1.165, 1.54) is 27.6 Å². The fraction of sp³-hybridized carbons (Fsp3) is 0.231. The Morgan fingerprint density at radius 1 is 0.929 bits per heavy atom. The zero-order valence-corrected chi connectivity index (χ0v) is 8.89. The van der Waals surface area contributed by atoms with E-state index in [9.17, 15) is 0 Å². The van der Waals surface area contributed by atoms with Crippen LogP contribution in [0.1, 0.15) is 11.1 Å². The molecule has 0 heterocycles. The highest BCUT2D eigenvalue weighted by Crippen LogP contribution is 2.23. The molecule has 0 aliphatic rings. The summed E-state index contributed by atoms with van der Waals surface area (Å²) in [6, 6.07) is 11.0. The number of rotatable bonds is 1. The lowest BCUT2D eigenvalue weighted by Crippen LogP contribution is -1.91. The van der Waals surface area contributed by atoms with Crippen molar-refractivity contribution >= 4 is 16.5 Å². The molecule has 0 unspecified atom stereocenters. The molecule has 0 saturated heterocycles. The van der Waals surface area contributed by atoms with Crippen molar-refractivity contribution in [2.75, 3.05) is 12.4 Å². The third-order valence-corrected chi connectivity index (χ3v) is 2.61. The predicted molar refractivity (Wildman–Crippen MR) is 63.0 cm³/mol. The Labute approximate surface area is 84.8 Å². The van der Waals surface area contributed by atoms with Crippen molar-refractivity contribution in [3.63, 3.8) is 0 Å². The minimum atomic E-state index is 1.21. The molecule has 0 aromatic heterocycles. The monoisotopic (exact) mass is 185 g/mol. The van der Waals surface area contributed by atoms with Gasteiger partial charge in [-0.2, -0.15) is 0 Å². The fourth-order valence-electron chi connectivity index (χ4n) is 1.80. The Morgan fingerprint density at radius 2 is 1.71 bits per heavy atom. The number of anilines is 1. The third kappa shape index (κ3) is 1.46. The van der Waals surface area contributed by atoms with Crippen LogP contribution >= 0.6 is 0 Å². The van der Waals surface area contributed by atoms with E-state index < -0.39 is 0 Å². The summed E-state index contributed by atoms with van der Waals surface area (Å²) in [6.45, 7) is 4.26. The van der Waals surface area contributed by atoms with E-state index in [0.29, 0.717) is 0 Å². The molecule has 1 N–H and O–H groups in total. The van der Waals surface area contributed by atoms with Crippen molar-refractivity contribution in [1.29, 1.82) is 0 Å². The largest absolute Gasteiger partial charge is 0.388 e. The SMILES string of the molecule is CNc1cc2ccc(C)cc2cc1C. The van der Waals surface area contributed by atoms with Gasteiger partial charge in [-0.3, -0.25) is 0 Å². The number of benzene rings is 2. The van der Waals surface area contributed by atoms with Gasteiger partial charge in [0.1, 0.15) is 0 Å². The summed E-state index contributed by atoms with van der Waals surface area (Å²) in [4.78, 5) is 0. The first kappa shape index (κ1) is 9.07. The van der Waals surface area contributed by atoms with Gasteiger partial charge in [-0.1, -0.05) is 23.8 Å². The Balaban J connectivity index is 2.73. The van der Waals surface area contributed by atoms with Crippen molar-refractivity contribution in [1.82, 2.24) is 0 Å². The van der Waals surface area contributed by atoms with Gasteiger partial charge in [0.2, 0.25) is 0 Å². The zero-order chi connectivity index (χ0) is 10.1. The van der Waals surface area contributed by atoms with Gasteiger partial charge in [-0.25, -0.2) is 0 Å². The van der Waals surface area contributed by atoms with E-state index >= 15 is 0 Å². The number of hydrogen-bond donors (Lipinski definition) is 1. The van der Waals surface area contributed by atoms with E-state index in [0.717, 1.165) is 0 Å². The molecule has 0 radical (unpaired) electrons. The van der Waals surface area contributed by atoms with Crippen LogP contribution in [0.2, 0.25) is 0 Å². The molecule has 14 heavy (non-hydrogen) atoms. The Bertz CT molecular complexity index is 472. The lowest BCUT2D eigenvalue weighted by molar-refractivity contribution is 1.42. The van der Waals surface area contributed by atoms with Gasteiger partial charge < -0.3 is 5.32 Å². The molecule has 72 valence electrons. The van der Waals surface area contributed by atoms with Crippen LogP contribution in [0.15, 0.2) is 30.3 Å². The van der Waals surface area contributed by atoms with Crippen LogP contribution in [0.4, 0.5) is 5.69 Å². The molecule has 1 nitrogen and oxygen atoms in total. The van der Waals surface area contributed by atoms with Crippen LogP contribution in [0.25, 0.3) is 10.8 Å². The molecule has 0 aliphatic carbocycles. The van der Waals surface area contributed by atoms with E-state index in [4.69, 9.17) is 0 Å². The first-order valence-corrected chi connectivity index (χ1v) is 4.89. The molecular weight excluding hydrogens is 170 g/mol. The molecule has 0 fully saturated rings. The van der Waals surface area contributed by atoms with Crippen LogP contribution < -0.4 is 5.32 Å². The molecule has 1 heteroatoms. The van der Waals surface area contributed by atoms with Gasteiger partial charge in [0.15, 0.2) is 0 Å². The highest BCUT2D eigenvalue weighted by molar-refractivity contribution is 5.87. The van der Waals surface area contributed by atoms with Gasteiger partial charge in [0, 0.05) is 12.7 Å². The Kier molecular flexibility index (Phi) is 2.16. The summed E-state index contributed by atoms with van der Waals surface area (Å²) < 4.78 is 0. The summed E-state index contributed by atoms with van der Waals surface area (Å²) in [5, 5.41) is 5.82. The number of aryl methyl sites for hydroxylation is 2. The molecule has 0 aliphatic heterocycles. The second-order valence-electron chi connectivity index (χ2n) is 3.77. The van der Waals surface area contributed by atoms with Crippen molar-refractivity contribution < 1.29 is 0 Å². The van der Waals surface area contributed by atoms with Crippen LogP contribution in [0.5, 0.6) is 0 Å². The summed E-state index contributed by atoms with van der Waals surface area (Å²) in [5.74, 6) is 0. The summed E-state index contributed by atoms with van der Waals surface area (Å²) in [5.41, 5.74) is 3.82. The first-order chi connectivity index (χ1) is 6.70. The van der Waals surface area contributed by atoms with E-state index in [1.807, 2.05) is 7.05 Å². The number of nitrogens with one attached hydrogen (secondary N) is 1. The van der Waals surface area contributed by atoms with Crippen molar-refractivity contribution in [3.05, 3.63) is 41.5 Å². The topological polar surface area (TPSA) is 12.0 Å². The fourth-order valence-corrected chi connectivity index (χ4v) is 1.80. The smallest absolute Gasteiger partial charge is 0.0373 e. The lowest BCUT2D eigenvalue weighted by Gasteiger charge is -2.07. The van der Waals surface area contributed by atoms with Crippen molar-refractivity contribution in [2.45, 2.75) is 13.8 Å². The average Bonchev–Trinajstić information content (AvgIpc) is 2.16. The van der Waals surface area contributed by atoms with Gasteiger partial charge >= 0.3 is 0 Å². The van der Waals surface area contributed by atoms with Crippen molar-refractivity contribution in [2.24, 2.45) is 0 Å². The molecule has 0 bridgehead atoms. The Hall–Kier alpha value is -1.50. The molecule has 2 aromatic rings. The van der Waals surface area contributed by atoms with Crippen molar-refractivity contribution in [3.8, 4) is 0 Å².